The summed E-state index contributed by atoms with van der Waals surface area (Å²) in [6.45, 7) is 4.25. The fourth-order valence-corrected chi connectivity index (χ4v) is 4.23. The summed E-state index contributed by atoms with van der Waals surface area (Å²) in [4.78, 5) is 26.0. The Bertz CT molecular complexity index is 1260. The van der Waals surface area contributed by atoms with E-state index in [1.54, 1.807) is 17.0 Å². The number of carbonyl (C=O) groups is 2. The van der Waals surface area contributed by atoms with Gasteiger partial charge in [-0.1, -0.05) is 30.3 Å². The summed E-state index contributed by atoms with van der Waals surface area (Å²) < 4.78 is 41.1. The highest BCUT2D eigenvalue weighted by molar-refractivity contribution is 7.92. The second-order valence-electron chi connectivity index (χ2n) is 7.25. The number of nitrogens with one attached hydrogen (secondary N) is 2. The Morgan fingerprint density at radius 3 is 2.12 bits per heavy atom. The smallest absolute Gasteiger partial charge is 0.261 e. The lowest BCUT2D eigenvalue weighted by atomic mass is 10.1. The summed E-state index contributed by atoms with van der Waals surface area (Å²) in [6.07, 6.45) is 0. The van der Waals surface area contributed by atoms with Crippen molar-refractivity contribution in [1.82, 2.24) is 4.90 Å². The number of rotatable bonds is 8. The van der Waals surface area contributed by atoms with Crippen LogP contribution in [0.25, 0.3) is 0 Å². The third kappa shape index (κ3) is 5.95. The first-order valence-corrected chi connectivity index (χ1v) is 11.7. The van der Waals surface area contributed by atoms with E-state index < -0.39 is 21.7 Å². The van der Waals surface area contributed by atoms with Crippen LogP contribution in [-0.4, -0.2) is 31.7 Å². The molecule has 2 N–H and O–H groups in total. The quantitative estimate of drug-likeness (QED) is 0.516. The predicted octanol–water partition coefficient (Wildman–Crippen LogP) is 4.25. The summed E-state index contributed by atoms with van der Waals surface area (Å²) in [5, 5.41) is 2.81. The maximum Gasteiger partial charge on any atom is 0.261 e. The molecule has 3 rings (SSSR count). The summed E-state index contributed by atoms with van der Waals surface area (Å²) >= 11 is 0. The Morgan fingerprint density at radius 1 is 0.909 bits per heavy atom. The Kier molecular flexibility index (Phi) is 7.44. The SMILES string of the molecule is CCN(Cc1ccccc1NC(=O)c1ccc(S(=O)(=O)Nc2ccccc2F)cc1)C(C)=O. The number of halogens is 1. The van der Waals surface area contributed by atoms with Gasteiger partial charge in [-0.25, -0.2) is 12.8 Å². The number of hydrogen-bond donors (Lipinski definition) is 2. The molecule has 3 aromatic carbocycles. The number of amides is 2. The summed E-state index contributed by atoms with van der Waals surface area (Å²) in [5.74, 6) is -1.19. The number of benzene rings is 3. The Labute approximate surface area is 192 Å². The van der Waals surface area contributed by atoms with Crippen LogP contribution in [0.1, 0.15) is 29.8 Å². The first-order valence-electron chi connectivity index (χ1n) is 10.2. The molecule has 0 aliphatic carbocycles. The van der Waals surface area contributed by atoms with Crippen molar-refractivity contribution < 1.29 is 22.4 Å². The van der Waals surface area contributed by atoms with E-state index >= 15 is 0 Å². The molecule has 7 nitrogen and oxygen atoms in total. The minimum absolute atomic E-state index is 0.0700. The topological polar surface area (TPSA) is 95.6 Å². The van der Waals surface area contributed by atoms with Crippen molar-refractivity contribution in [2.45, 2.75) is 25.3 Å². The zero-order valence-corrected chi connectivity index (χ0v) is 19.0. The molecule has 0 aromatic heterocycles. The molecule has 0 unspecified atom stereocenters. The van der Waals surface area contributed by atoms with Gasteiger partial charge in [-0.05, 0) is 55.0 Å². The van der Waals surface area contributed by atoms with Gasteiger partial charge < -0.3 is 10.2 Å². The van der Waals surface area contributed by atoms with E-state index in [1.165, 1.54) is 49.4 Å². The molecular formula is C24H24FN3O4S. The first kappa shape index (κ1) is 23.9. The van der Waals surface area contributed by atoms with Crippen LogP contribution in [-0.2, 0) is 21.4 Å². The number of hydrogen-bond acceptors (Lipinski definition) is 4. The third-order valence-electron chi connectivity index (χ3n) is 5.00. The second-order valence-corrected chi connectivity index (χ2v) is 8.94. The highest BCUT2D eigenvalue weighted by Gasteiger charge is 2.18. The van der Waals surface area contributed by atoms with E-state index in [-0.39, 0.29) is 22.1 Å². The minimum atomic E-state index is -4.03. The minimum Gasteiger partial charge on any atom is -0.339 e. The number of para-hydroxylation sites is 2. The number of anilines is 2. The molecule has 0 saturated heterocycles. The lowest BCUT2D eigenvalue weighted by molar-refractivity contribution is -0.129. The van der Waals surface area contributed by atoms with Crippen LogP contribution in [0.15, 0.2) is 77.7 Å². The largest absolute Gasteiger partial charge is 0.339 e. The lowest BCUT2D eigenvalue weighted by Crippen LogP contribution is -2.28. The van der Waals surface area contributed by atoms with Crippen LogP contribution in [0.2, 0.25) is 0 Å². The van der Waals surface area contributed by atoms with Gasteiger partial charge in [0.05, 0.1) is 10.6 Å². The maximum absolute atomic E-state index is 13.8. The van der Waals surface area contributed by atoms with Gasteiger partial charge in [0.2, 0.25) is 5.91 Å². The molecule has 2 amide bonds. The Morgan fingerprint density at radius 2 is 1.52 bits per heavy atom. The summed E-state index contributed by atoms with van der Waals surface area (Å²) in [6, 6.07) is 17.9. The average molecular weight is 470 g/mol. The van der Waals surface area contributed by atoms with E-state index in [2.05, 4.69) is 10.0 Å². The summed E-state index contributed by atoms with van der Waals surface area (Å²) in [5.41, 5.74) is 1.41. The normalized spacial score (nSPS) is 11.0. The summed E-state index contributed by atoms with van der Waals surface area (Å²) in [7, 11) is -4.03. The number of sulfonamides is 1. The van der Waals surface area contributed by atoms with Crippen molar-refractivity contribution in [3.8, 4) is 0 Å². The van der Waals surface area contributed by atoms with E-state index in [9.17, 15) is 22.4 Å². The van der Waals surface area contributed by atoms with Gasteiger partial charge in [0.15, 0.2) is 0 Å². The lowest BCUT2D eigenvalue weighted by Gasteiger charge is -2.21. The highest BCUT2D eigenvalue weighted by Crippen LogP contribution is 2.21. The van der Waals surface area contributed by atoms with Gasteiger partial charge in [-0.3, -0.25) is 14.3 Å². The van der Waals surface area contributed by atoms with E-state index in [0.717, 1.165) is 11.6 Å². The van der Waals surface area contributed by atoms with Crippen LogP contribution < -0.4 is 10.0 Å². The maximum atomic E-state index is 13.8. The molecule has 0 aliphatic rings. The van der Waals surface area contributed by atoms with Crippen molar-refractivity contribution in [2.24, 2.45) is 0 Å². The fraction of sp³-hybridized carbons (Fsp3) is 0.167. The van der Waals surface area contributed by atoms with Gasteiger partial charge in [0.1, 0.15) is 5.82 Å². The van der Waals surface area contributed by atoms with Crippen LogP contribution in [0.3, 0.4) is 0 Å². The molecule has 33 heavy (non-hydrogen) atoms. The van der Waals surface area contributed by atoms with Crippen LogP contribution in [0, 0.1) is 5.82 Å². The monoisotopic (exact) mass is 469 g/mol. The van der Waals surface area contributed by atoms with Gasteiger partial charge in [-0.15, -0.1) is 0 Å². The first-order chi connectivity index (χ1) is 15.7. The Hall–Kier alpha value is -3.72. The van der Waals surface area contributed by atoms with E-state index in [4.69, 9.17) is 0 Å². The van der Waals surface area contributed by atoms with Crippen molar-refractivity contribution >= 4 is 33.2 Å². The Balaban J connectivity index is 1.75. The van der Waals surface area contributed by atoms with E-state index in [0.29, 0.717) is 18.8 Å². The molecule has 0 fully saturated rings. The van der Waals surface area contributed by atoms with Crippen molar-refractivity contribution in [2.75, 3.05) is 16.6 Å². The van der Waals surface area contributed by atoms with Crippen molar-refractivity contribution in [3.63, 3.8) is 0 Å². The molecule has 0 aliphatic heterocycles. The van der Waals surface area contributed by atoms with E-state index in [1.807, 2.05) is 19.1 Å². The van der Waals surface area contributed by atoms with Gasteiger partial charge >= 0.3 is 0 Å². The molecule has 0 spiro atoms. The molecule has 0 saturated carbocycles. The molecular weight excluding hydrogens is 445 g/mol. The zero-order chi connectivity index (χ0) is 24.0. The van der Waals surface area contributed by atoms with Crippen molar-refractivity contribution in [3.05, 3.63) is 89.7 Å². The zero-order valence-electron chi connectivity index (χ0n) is 18.2. The van der Waals surface area contributed by atoms with Gasteiger partial charge in [-0.2, -0.15) is 0 Å². The molecule has 172 valence electrons. The molecule has 0 radical (unpaired) electrons. The van der Waals surface area contributed by atoms with Crippen LogP contribution in [0.5, 0.6) is 0 Å². The molecule has 0 atom stereocenters. The van der Waals surface area contributed by atoms with Crippen LogP contribution in [0.4, 0.5) is 15.8 Å². The molecule has 3 aromatic rings. The molecule has 0 heterocycles. The number of carbonyl (C=O) groups excluding carboxylic acids is 2. The van der Waals surface area contributed by atoms with Crippen LogP contribution >= 0.6 is 0 Å². The third-order valence-corrected chi connectivity index (χ3v) is 6.38. The molecule has 9 heteroatoms. The fourth-order valence-electron chi connectivity index (χ4n) is 3.16. The second kappa shape index (κ2) is 10.3. The van der Waals surface area contributed by atoms with Crippen molar-refractivity contribution in [1.29, 1.82) is 0 Å². The number of nitrogens with zero attached hydrogens (tertiary/aromatic N) is 1. The van der Waals surface area contributed by atoms with Gasteiger partial charge in [0.25, 0.3) is 15.9 Å². The standard InChI is InChI=1S/C24H24FN3O4S/c1-3-28(17(2)29)16-19-8-4-6-10-22(19)26-24(30)18-12-14-20(15-13-18)33(31,32)27-23-11-7-5-9-21(23)25/h4-15,27H,3,16H2,1-2H3,(H,26,30). The average Bonchev–Trinajstić information content (AvgIpc) is 2.79. The highest BCUT2D eigenvalue weighted by atomic mass is 32.2. The predicted molar refractivity (Wildman–Crippen MR) is 125 cm³/mol. The van der Waals surface area contributed by atoms with Gasteiger partial charge in [0, 0.05) is 31.3 Å². The molecule has 0 bridgehead atoms.